The van der Waals surface area contributed by atoms with Gasteiger partial charge in [0.05, 0.1) is 6.20 Å². The Morgan fingerprint density at radius 1 is 1.42 bits per heavy atom. The van der Waals surface area contributed by atoms with Crippen LogP contribution >= 0.6 is 11.6 Å². The number of hydrogen-bond donors (Lipinski definition) is 0. The van der Waals surface area contributed by atoms with Crippen LogP contribution in [0, 0.1) is 5.92 Å². The van der Waals surface area contributed by atoms with Crippen molar-refractivity contribution in [2.24, 2.45) is 5.92 Å². The van der Waals surface area contributed by atoms with Gasteiger partial charge in [-0.15, -0.1) is 11.6 Å². The maximum atomic E-state index is 12.4. The Balaban J connectivity index is 2.91. The summed E-state index contributed by atoms with van der Waals surface area (Å²) in [6.07, 6.45) is 3.72. The fraction of sp³-hybridized carbons (Fsp3) is 0.750. The Kier molecular flexibility index (Phi) is 5.82. The molecule has 0 aliphatic carbocycles. The van der Waals surface area contributed by atoms with E-state index in [0.717, 1.165) is 6.42 Å². The number of halogens is 1. The third-order valence-corrected chi connectivity index (χ3v) is 5.51. The van der Waals surface area contributed by atoms with Gasteiger partial charge in [0.25, 0.3) is 0 Å². The second-order valence-corrected chi connectivity index (χ2v) is 7.36. The maximum Gasteiger partial charge on any atom is 0.246 e. The third-order valence-electron chi connectivity index (χ3n) is 3.35. The molecule has 1 rings (SSSR count). The fourth-order valence-corrected chi connectivity index (χ4v) is 3.20. The molecule has 19 heavy (non-hydrogen) atoms. The van der Waals surface area contributed by atoms with E-state index in [1.807, 2.05) is 20.8 Å². The molecule has 0 radical (unpaired) electrons. The first-order valence-corrected chi connectivity index (χ1v) is 8.34. The molecule has 7 heteroatoms. The smallest absolute Gasteiger partial charge is 0.246 e. The summed E-state index contributed by atoms with van der Waals surface area (Å²) in [7, 11) is -1.86. The molecule has 0 saturated heterocycles. The highest BCUT2D eigenvalue weighted by molar-refractivity contribution is 7.89. The molecule has 0 aromatic carbocycles. The molecule has 0 saturated carbocycles. The quantitative estimate of drug-likeness (QED) is 0.726. The van der Waals surface area contributed by atoms with Crippen molar-refractivity contribution in [2.75, 3.05) is 12.9 Å². The summed E-state index contributed by atoms with van der Waals surface area (Å²) in [5, 5.41) is 4.06. The average molecular weight is 308 g/mol. The van der Waals surface area contributed by atoms with E-state index in [0.29, 0.717) is 12.4 Å². The highest BCUT2D eigenvalue weighted by atomic mass is 35.5. The Bertz CT molecular complexity index is 499. The van der Waals surface area contributed by atoms with Gasteiger partial charge in [-0.05, 0) is 19.3 Å². The van der Waals surface area contributed by atoms with Crippen LogP contribution in [0.4, 0.5) is 0 Å². The first-order valence-electron chi connectivity index (χ1n) is 6.37. The van der Waals surface area contributed by atoms with Crippen LogP contribution in [0.3, 0.4) is 0 Å². The Hall–Kier alpha value is -0.590. The second-order valence-electron chi connectivity index (χ2n) is 4.99. The molecule has 1 unspecified atom stereocenters. The number of alkyl halides is 1. The van der Waals surface area contributed by atoms with Crippen LogP contribution in [0.15, 0.2) is 17.3 Å². The van der Waals surface area contributed by atoms with Gasteiger partial charge in [0, 0.05) is 31.7 Å². The highest BCUT2D eigenvalue weighted by Gasteiger charge is 2.28. The van der Waals surface area contributed by atoms with Crippen molar-refractivity contribution in [1.29, 1.82) is 0 Å². The number of rotatable bonds is 7. The van der Waals surface area contributed by atoms with E-state index in [1.165, 1.54) is 10.5 Å². The maximum absolute atomic E-state index is 12.4. The van der Waals surface area contributed by atoms with Gasteiger partial charge >= 0.3 is 0 Å². The molecule has 0 amide bonds. The summed E-state index contributed by atoms with van der Waals surface area (Å²) in [5.74, 6) is 0.790. The Morgan fingerprint density at radius 2 is 2.05 bits per heavy atom. The zero-order chi connectivity index (χ0) is 14.6. The molecule has 0 fully saturated rings. The van der Waals surface area contributed by atoms with Gasteiger partial charge in [0.15, 0.2) is 0 Å². The fourth-order valence-electron chi connectivity index (χ4n) is 1.63. The van der Waals surface area contributed by atoms with E-state index in [2.05, 4.69) is 5.10 Å². The summed E-state index contributed by atoms with van der Waals surface area (Å²) < 4.78 is 27.8. The van der Waals surface area contributed by atoms with Gasteiger partial charge in [-0.1, -0.05) is 13.8 Å². The predicted molar refractivity (Wildman–Crippen MR) is 76.8 cm³/mol. The number of hydrogen-bond acceptors (Lipinski definition) is 3. The van der Waals surface area contributed by atoms with Crippen molar-refractivity contribution in [2.45, 2.75) is 44.7 Å². The lowest BCUT2D eigenvalue weighted by atomic mass is 10.1. The first kappa shape index (κ1) is 16.5. The van der Waals surface area contributed by atoms with Crippen molar-refractivity contribution in [3.05, 3.63) is 12.4 Å². The molecule has 1 aromatic heterocycles. The van der Waals surface area contributed by atoms with Gasteiger partial charge in [-0.2, -0.15) is 9.40 Å². The molecule has 110 valence electrons. The van der Waals surface area contributed by atoms with Crippen molar-refractivity contribution >= 4 is 21.6 Å². The lowest BCUT2D eigenvalue weighted by Crippen LogP contribution is -2.38. The van der Waals surface area contributed by atoms with E-state index < -0.39 is 10.0 Å². The van der Waals surface area contributed by atoms with Crippen LogP contribution in [-0.2, 0) is 16.6 Å². The van der Waals surface area contributed by atoms with Gasteiger partial charge in [-0.3, -0.25) is 4.68 Å². The molecule has 0 spiro atoms. The van der Waals surface area contributed by atoms with Gasteiger partial charge in [-0.25, -0.2) is 8.42 Å². The lowest BCUT2D eigenvalue weighted by molar-refractivity contribution is 0.315. The summed E-state index contributed by atoms with van der Waals surface area (Å²) >= 11 is 5.61. The summed E-state index contributed by atoms with van der Waals surface area (Å²) in [4.78, 5) is 0.233. The largest absolute Gasteiger partial charge is 0.271 e. The Morgan fingerprint density at radius 3 is 2.58 bits per heavy atom. The van der Waals surface area contributed by atoms with Crippen molar-refractivity contribution < 1.29 is 8.42 Å². The molecule has 0 N–H and O–H groups in total. The minimum absolute atomic E-state index is 0.0591. The normalized spacial score (nSPS) is 14.3. The first-order chi connectivity index (χ1) is 8.80. The van der Waals surface area contributed by atoms with Crippen molar-refractivity contribution in [3.63, 3.8) is 0 Å². The van der Waals surface area contributed by atoms with E-state index in [9.17, 15) is 8.42 Å². The molecular weight excluding hydrogens is 286 g/mol. The number of aryl methyl sites for hydroxylation is 1. The molecule has 1 atom stereocenters. The molecular formula is C12H22ClN3O2S. The van der Waals surface area contributed by atoms with Crippen LogP contribution < -0.4 is 0 Å². The molecule has 0 aliphatic rings. The second kappa shape index (κ2) is 6.72. The standard InChI is InChI=1S/C12H22ClN3O2S/c1-10(2)11(3)15(4)19(17,18)12-8-14-16(9-12)7-5-6-13/h8-11H,5-7H2,1-4H3. The predicted octanol–water partition coefficient (Wildman–Crippen LogP) is 2.18. The van der Waals surface area contributed by atoms with Crippen LogP contribution in [0.5, 0.6) is 0 Å². The van der Waals surface area contributed by atoms with Crippen molar-refractivity contribution in [3.8, 4) is 0 Å². The number of sulfonamides is 1. The van der Waals surface area contributed by atoms with E-state index in [4.69, 9.17) is 11.6 Å². The zero-order valence-electron chi connectivity index (χ0n) is 11.9. The monoisotopic (exact) mass is 307 g/mol. The molecule has 0 aliphatic heterocycles. The molecule has 5 nitrogen and oxygen atoms in total. The van der Waals surface area contributed by atoms with E-state index in [-0.39, 0.29) is 16.9 Å². The van der Waals surface area contributed by atoms with Gasteiger partial charge in [0.2, 0.25) is 10.0 Å². The molecule has 1 aromatic rings. The highest BCUT2D eigenvalue weighted by Crippen LogP contribution is 2.19. The lowest BCUT2D eigenvalue weighted by Gasteiger charge is -2.26. The SMILES string of the molecule is CC(C)C(C)N(C)S(=O)(=O)c1cnn(CCCCl)c1. The minimum Gasteiger partial charge on any atom is -0.271 e. The van der Waals surface area contributed by atoms with Crippen LogP contribution in [0.25, 0.3) is 0 Å². The minimum atomic E-state index is -3.47. The number of aromatic nitrogens is 2. The molecule has 1 heterocycles. The average Bonchev–Trinajstić information content (AvgIpc) is 2.83. The van der Waals surface area contributed by atoms with Crippen LogP contribution in [0.1, 0.15) is 27.2 Å². The van der Waals surface area contributed by atoms with Crippen LogP contribution in [-0.4, -0.2) is 41.5 Å². The summed E-state index contributed by atoms with van der Waals surface area (Å²) in [5.41, 5.74) is 0. The topological polar surface area (TPSA) is 55.2 Å². The number of nitrogens with zero attached hydrogens (tertiary/aromatic N) is 3. The van der Waals surface area contributed by atoms with Crippen molar-refractivity contribution in [1.82, 2.24) is 14.1 Å². The Labute approximate surface area is 120 Å². The summed E-state index contributed by atoms with van der Waals surface area (Å²) in [6.45, 7) is 6.53. The van der Waals surface area contributed by atoms with E-state index in [1.54, 1.807) is 17.9 Å². The molecule has 0 bridgehead atoms. The van der Waals surface area contributed by atoms with E-state index >= 15 is 0 Å². The van der Waals surface area contributed by atoms with Gasteiger partial charge in [0.1, 0.15) is 4.90 Å². The zero-order valence-corrected chi connectivity index (χ0v) is 13.4. The third kappa shape index (κ3) is 3.94. The van der Waals surface area contributed by atoms with Gasteiger partial charge < -0.3 is 0 Å². The van der Waals surface area contributed by atoms with Crippen LogP contribution in [0.2, 0.25) is 0 Å². The summed E-state index contributed by atoms with van der Waals surface area (Å²) in [6, 6.07) is -0.0591.